The molecule has 4 rings (SSSR count). The predicted octanol–water partition coefficient (Wildman–Crippen LogP) is 0.778. The second-order valence-corrected chi connectivity index (χ2v) is 5.99. The summed E-state index contributed by atoms with van der Waals surface area (Å²) in [5.41, 5.74) is 4.16. The van der Waals surface area contributed by atoms with Crippen LogP contribution in [0.5, 0.6) is 0 Å². The molecule has 0 saturated carbocycles. The quantitative estimate of drug-likeness (QED) is 0.608. The van der Waals surface area contributed by atoms with E-state index in [0.717, 1.165) is 10.8 Å². The molecule has 7 nitrogen and oxygen atoms in total. The monoisotopic (exact) mass is 347 g/mol. The number of rotatable bonds is 3. The van der Waals surface area contributed by atoms with Crippen LogP contribution < -0.4 is 16.3 Å². The largest absolute Gasteiger partial charge is 0.515 e. The molecule has 0 atom stereocenters. The van der Waals surface area contributed by atoms with Crippen LogP contribution in [0.4, 0.5) is 5.69 Å². The third kappa shape index (κ3) is 3.15. The van der Waals surface area contributed by atoms with Gasteiger partial charge in [-0.15, -0.1) is 0 Å². The molecule has 0 unspecified atom stereocenters. The van der Waals surface area contributed by atoms with Crippen LogP contribution in [0.15, 0.2) is 54.9 Å². The van der Waals surface area contributed by atoms with Crippen molar-refractivity contribution >= 4 is 40.9 Å². The smallest absolute Gasteiger partial charge is 0.422 e. The predicted molar refractivity (Wildman–Crippen MR) is 96.7 cm³/mol. The van der Waals surface area contributed by atoms with E-state index in [-0.39, 0.29) is 12.3 Å². The van der Waals surface area contributed by atoms with E-state index >= 15 is 0 Å². The molecule has 2 amide bonds. The highest BCUT2D eigenvalue weighted by molar-refractivity contribution is 6.62. The Balaban J connectivity index is 1.51. The zero-order chi connectivity index (χ0) is 18.1. The second-order valence-electron chi connectivity index (χ2n) is 5.99. The molecule has 0 saturated heterocycles. The molecule has 1 aromatic heterocycles. The number of nitrogens with zero attached hydrogens (tertiary/aromatic N) is 1. The molecule has 2 heterocycles. The van der Waals surface area contributed by atoms with Gasteiger partial charge in [-0.2, -0.15) is 0 Å². The summed E-state index contributed by atoms with van der Waals surface area (Å²) in [6, 6.07) is 12.3. The lowest BCUT2D eigenvalue weighted by molar-refractivity contribution is -0.115. The molecule has 0 fully saturated rings. The van der Waals surface area contributed by atoms with Crippen molar-refractivity contribution in [3.05, 3.63) is 66.0 Å². The topological polar surface area (TPSA) is 101 Å². The van der Waals surface area contributed by atoms with Crippen LogP contribution in [0.2, 0.25) is 0 Å². The lowest BCUT2D eigenvalue weighted by atomic mass is 9.75. The maximum absolute atomic E-state index is 12.3. The highest BCUT2D eigenvalue weighted by atomic mass is 16.7. The maximum atomic E-state index is 12.3. The first-order valence-corrected chi connectivity index (χ1v) is 8.01. The molecule has 8 heteroatoms. The van der Waals surface area contributed by atoms with Crippen molar-refractivity contribution in [2.45, 2.75) is 6.42 Å². The van der Waals surface area contributed by atoms with Crippen LogP contribution in [0.25, 0.3) is 10.8 Å². The lowest BCUT2D eigenvalue weighted by Gasteiger charge is -2.19. The summed E-state index contributed by atoms with van der Waals surface area (Å²) in [6.45, 7) is 0. The summed E-state index contributed by atoms with van der Waals surface area (Å²) in [6.07, 6.45) is 3.56. The Bertz CT molecular complexity index is 1020. The Morgan fingerprint density at radius 2 is 2.08 bits per heavy atom. The molecule has 3 N–H and O–H groups in total. The maximum Gasteiger partial charge on any atom is 0.515 e. The number of benzene rings is 2. The van der Waals surface area contributed by atoms with Crippen LogP contribution in [0.1, 0.15) is 15.9 Å². The molecule has 3 aromatic rings. The van der Waals surface area contributed by atoms with Crippen LogP contribution >= 0.6 is 0 Å². The van der Waals surface area contributed by atoms with Crippen LogP contribution in [0.3, 0.4) is 0 Å². The first-order valence-electron chi connectivity index (χ1n) is 8.01. The number of aromatic nitrogens is 1. The van der Waals surface area contributed by atoms with Gasteiger partial charge in [-0.05, 0) is 40.7 Å². The number of nitrogens with one attached hydrogen (secondary N) is 2. The summed E-state index contributed by atoms with van der Waals surface area (Å²) < 4.78 is 4.72. The summed E-state index contributed by atoms with van der Waals surface area (Å²) in [5.74, 6) is -0.651. The Morgan fingerprint density at radius 3 is 2.96 bits per heavy atom. The molecule has 0 radical (unpaired) electrons. The van der Waals surface area contributed by atoms with E-state index in [9.17, 15) is 14.6 Å². The molecule has 128 valence electrons. The number of carbonyl (C=O) groups is 2. The van der Waals surface area contributed by atoms with Crippen molar-refractivity contribution < 1.29 is 19.4 Å². The fraction of sp³-hybridized carbons (Fsp3) is 0.0556. The first kappa shape index (κ1) is 16.3. The van der Waals surface area contributed by atoms with E-state index in [4.69, 9.17) is 4.76 Å². The van der Waals surface area contributed by atoms with Crippen LogP contribution in [-0.2, 0) is 16.0 Å². The zero-order valence-corrected chi connectivity index (χ0v) is 13.6. The minimum absolute atomic E-state index is 0.103. The van der Waals surface area contributed by atoms with Crippen LogP contribution in [0, 0.1) is 0 Å². The fourth-order valence-corrected chi connectivity index (χ4v) is 2.90. The van der Waals surface area contributed by atoms with Gasteiger partial charge >= 0.3 is 7.12 Å². The molecule has 0 aliphatic carbocycles. The number of hydrogen-bond acceptors (Lipinski definition) is 5. The average Bonchev–Trinajstić information content (AvgIpc) is 2.65. The van der Waals surface area contributed by atoms with Gasteiger partial charge < -0.3 is 10.3 Å². The molecule has 2 aromatic carbocycles. The molecule has 26 heavy (non-hydrogen) atoms. The van der Waals surface area contributed by atoms with E-state index in [2.05, 4.69) is 15.8 Å². The minimum atomic E-state index is -1.21. The Labute approximate surface area is 149 Å². The third-order valence-electron chi connectivity index (χ3n) is 4.18. The molecule has 0 bridgehead atoms. The number of anilines is 1. The number of fused-ring (bicyclic) bond motifs is 2. The van der Waals surface area contributed by atoms with Crippen molar-refractivity contribution in [2.24, 2.45) is 0 Å². The van der Waals surface area contributed by atoms with E-state index in [1.54, 1.807) is 30.6 Å². The van der Waals surface area contributed by atoms with Gasteiger partial charge in [-0.1, -0.05) is 18.2 Å². The summed E-state index contributed by atoms with van der Waals surface area (Å²) >= 11 is 0. The number of hydroxylamine groups is 1. The molecule has 0 spiro atoms. The highest BCUT2D eigenvalue weighted by Gasteiger charge is 2.30. The molecule has 1 aliphatic heterocycles. The number of carbonyl (C=O) groups excluding carboxylic acids is 2. The standard InChI is InChI=1S/C18H14BN3O4/c23-17(21-14-3-2-13-10-20-6-5-12(13)9-14)8-11-1-4-16-15(7-11)18(24)22-26-19(16)25/h1-7,9-10,25H,8H2,(H,21,23)(H,22,24). The Morgan fingerprint density at radius 1 is 1.19 bits per heavy atom. The third-order valence-corrected chi connectivity index (χ3v) is 4.18. The number of hydrogen-bond donors (Lipinski definition) is 3. The van der Waals surface area contributed by atoms with Crippen molar-refractivity contribution in [1.82, 2.24) is 10.5 Å². The van der Waals surface area contributed by atoms with E-state index in [1.807, 2.05) is 24.3 Å². The highest BCUT2D eigenvalue weighted by Crippen LogP contribution is 2.18. The minimum Gasteiger partial charge on any atom is -0.422 e. The van der Waals surface area contributed by atoms with Crippen molar-refractivity contribution in [2.75, 3.05) is 5.32 Å². The number of pyridine rings is 1. The van der Waals surface area contributed by atoms with Crippen molar-refractivity contribution in [3.8, 4) is 0 Å². The molecular formula is C18H14BN3O4. The molecule has 1 aliphatic rings. The van der Waals surface area contributed by atoms with Gasteiger partial charge in [0, 0.05) is 29.0 Å². The fourth-order valence-electron chi connectivity index (χ4n) is 2.90. The normalized spacial score (nSPS) is 13.3. The SMILES string of the molecule is O=C(Cc1ccc2c(c1)C(=O)NOB2O)Nc1ccc2cnccc2c1. The van der Waals surface area contributed by atoms with E-state index < -0.39 is 13.0 Å². The van der Waals surface area contributed by atoms with Gasteiger partial charge in [-0.25, -0.2) is 5.48 Å². The number of amides is 2. The lowest BCUT2D eigenvalue weighted by Crippen LogP contribution is -2.49. The zero-order valence-electron chi connectivity index (χ0n) is 13.6. The van der Waals surface area contributed by atoms with Gasteiger partial charge in [0.15, 0.2) is 0 Å². The average molecular weight is 347 g/mol. The summed E-state index contributed by atoms with van der Waals surface area (Å²) in [4.78, 5) is 28.2. The first-order chi connectivity index (χ1) is 12.6. The summed E-state index contributed by atoms with van der Waals surface area (Å²) in [5, 5.41) is 14.5. The Hall–Kier alpha value is -3.23. The van der Waals surface area contributed by atoms with E-state index in [0.29, 0.717) is 22.3 Å². The Kier molecular flexibility index (Phi) is 4.12. The summed E-state index contributed by atoms with van der Waals surface area (Å²) in [7, 11) is -1.21. The van der Waals surface area contributed by atoms with Gasteiger partial charge in [0.2, 0.25) is 5.91 Å². The van der Waals surface area contributed by atoms with Gasteiger partial charge in [0.05, 0.1) is 6.42 Å². The van der Waals surface area contributed by atoms with Gasteiger partial charge in [0.25, 0.3) is 5.91 Å². The van der Waals surface area contributed by atoms with Gasteiger partial charge in [0.1, 0.15) is 0 Å². The van der Waals surface area contributed by atoms with Crippen molar-refractivity contribution in [1.29, 1.82) is 0 Å². The van der Waals surface area contributed by atoms with Crippen LogP contribution in [-0.4, -0.2) is 28.9 Å². The molecular weight excluding hydrogens is 333 g/mol. The van der Waals surface area contributed by atoms with Crippen molar-refractivity contribution in [3.63, 3.8) is 0 Å². The van der Waals surface area contributed by atoms with E-state index in [1.165, 1.54) is 0 Å². The second kappa shape index (κ2) is 6.59. The van der Waals surface area contributed by atoms with Gasteiger partial charge in [-0.3, -0.25) is 19.3 Å².